The van der Waals surface area contributed by atoms with E-state index in [9.17, 15) is 14.8 Å². The van der Waals surface area contributed by atoms with Crippen molar-refractivity contribution in [3.63, 3.8) is 0 Å². The number of carbonyl (C=O) groups is 2. The predicted molar refractivity (Wildman–Crippen MR) is 190 cm³/mol. The number of epoxide rings is 2. The summed E-state index contributed by atoms with van der Waals surface area (Å²) in [6, 6.07) is 0. The third-order valence-electron chi connectivity index (χ3n) is 10.5. The fourth-order valence-electron chi connectivity index (χ4n) is 7.15. The standard InChI is InChI=1S/C40H75NO5/c1-3-5-7-9-11-13-15-17-19-21-23-25-27-29-31-33-35-39(37(42)45-39)41(44)40(38(43)46-40)36-34-32-30-28-26-24-22-20-18-16-14-12-10-8-6-4-2/h44H,3-36H2,1-2H3. The Kier molecular flexibility index (Phi) is 23.0. The summed E-state index contributed by atoms with van der Waals surface area (Å²) in [5, 5.41) is 11.8. The number of hydrogen-bond acceptors (Lipinski definition) is 6. The van der Waals surface area contributed by atoms with Crippen molar-refractivity contribution in [1.82, 2.24) is 5.06 Å². The van der Waals surface area contributed by atoms with Gasteiger partial charge in [-0.05, 0) is 12.8 Å². The van der Waals surface area contributed by atoms with Gasteiger partial charge in [0.1, 0.15) is 0 Å². The molecule has 2 heterocycles. The normalized spacial score (nSPS) is 20.3. The monoisotopic (exact) mass is 650 g/mol. The Morgan fingerprint density at radius 3 is 0.739 bits per heavy atom. The number of hydroxylamine groups is 2. The molecule has 0 radical (unpaired) electrons. The van der Waals surface area contributed by atoms with E-state index in [1.54, 1.807) is 0 Å². The maximum Gasteiger partial charge on any atom is 0.371 e. The smallest absolute Gasteiger partial charge is 0.371 e. The Hall–Kier alpha value is -1.14. The first-order chi connectivity index (χ1) is 22.5. The van der Waals surface area contributed by atoms with E-state index < -0.39 is 23.4 Å². The molecule has 0 aromatic carbocycles. The molecule has 0 aliphatic carbocycles. The molecule has 0 aromatic rings. The number of unbranched alkanes of at least 4 members (excludes halogenated alkanes) is 30. The number of cyclic esters (lactones) is 2. The van der Waals surface area contributed by atoms with Crippen molar-refractivity contribution in [1.29, 1.82) is 0 Å². The van der Waals surface area contributed by atoms with E-state index >= 15 is 0 Å². The summed E-state index contributed by atoms with van der Waals surface area (Å²) in [4.78, 5) is 24.5. The van der Waals surface area contributed by atoms with Gasteiger partial charge in [0, 0.05) is 12.8 Å². The van der Waals surface area contributed by atoms with Crippen LogP contribution in [0.1, 0.15) is 232 Å². The Balaban J connectivity index is 1.43. The van der Waals surface area contributed by atoms with E-state index in [4.69, 9.17) is 9.47 Å². The molecule has 2 fully saturated rings. The van der Waals surface area contributed by atoms with Crippen molar-refractivity contribution in [3.05, 3.63) is 0 Å². The van der Waals surface area contributed by atoms with Crippen molar-refractivity contribution in [3.8, 4) is 0 Å². The second-order valence-electron chi connectivity index (χ2n) is 14.8. The summed E-state index contributed by atoms with van der Waals surface area (Å²) in [6.45, 7) is 4.55. The molecule has 0 bridgehead atoms. The van der Waals surface area contributed by atoms with Crippen molar-refractivity contribution in [2.24, 2.45) is 0 Å². The van der Waals surface area contributed by atoms with Gasteiger partial charge in [-0.25, -0.2) is 9.59 Å². The van der Waals surface area contributed by atoms with Gasteiger partial charge in [0.25, 0.3) is 11.4 Å². The van der Waals surface area contributed by atoms with Gasteiger partial charge in [0.15, 0.2) is 0 Å². The van der Waals surface area contributed by atoms with Gasteiger partial charge in [0.05, 0.1) is 0 Å². The molecule has 0 aromatic heterocycles. The summed E-state index contributed by atoms with van der Waals surface area (Å²) >= 11 is 0. The van der Waals surface area contributed by atoms with E-state index in [-0.39, 0.29) is 0 Å². The molecule has 1 N–H and O–H groups in total. The Morgan fingerprint density at radius 1 is 0.391 bits per heavy atom. The number of hydrogen-bond donors (Lipinski definition) is 1. The maximum absolute atomic E-state index is 12.3. The Labute approximate surface area is 284 Å². The van der Waals surface area contributed by atoms with Crippen LogP contribution < -0.4 is 0 Å². The summed E-state index contributed by atoms with van der Waals surface area (Å²) in [6.07, 6.45) is 42.0. The molecular weight excluding hydrogens is 574 g/mol. The molecule has 6 heteroatoms. The summed E-state index contributed by atoms with van der Waals surface area (Å²) in [5.41, 5.74) is -2.76. The lowest BCUT2D eigenvalue weighted by Gasteiger charge is -2.23. The molecule has 2 aliphatic heterocycles. The van der Waals surface area contributed by atoms with Crippen LogP contribution in [-0.4, -0.2) is 33.7 Å². The predicted octanol–water partition coefficient (Wildman–Crippen LogP) is 12.5. The molecule has 270 valence electrons. The van der Waals surface area contributed by atoms with Gasteiger partial charge in [-0.1, -0.05) is 212 Å². The zero-order valence-electron chi connectivity index (χ0n) is 30.6. The van der Waals surface area contributed by atoms with E-state index in [0.29, 0.717) is 12.8 Å². The molecule has 2 atom stereocenters. The highest BCUT2D eigenvalue weighted by molar-refractivity contribution is 5.96. The van der Waals surface area contributed by atoms with E-state index in [1.165, 1.54) is 167 Å². The second kappa shape index (κ2) is 25.8. The Bertz CT molecular complexity index is 713. The number of rotatable bonds is 36. The quantitative estimate of drug-likeness (QED) is 0.0413. The zero-order chi connectivity index (χ0) is 33.2. The SMILES string of the molecule is CCCCCCCCCCCCCCCCCCC1(N(O)C2(CCCCCCCCCCCCCCCCCC)OC2=O)OC1=O. The minimum absolute atomic E-state index is 0.415. The van der Waals surface area contributed by atoms with Crippen LogP contribution in [0, 0.1) is 0 Å². The molecule has 2 unspecified atom stereocenters. The van der Waals surface area contributed by atoms with Crippen molar-refractivity contribution in [2.75, 3.05) is 0 Å². The van der Waals surface area contributed by atoms with Gasteiger partial charge in [-0.3, -0.25) is 0 Å². The summed E-state index contributed by atoms with van der Waals surface area (Å²) in [7, 11) is 0. The van der Waals surface area contributed by atoms with E-state index in [0.717, 1.165) is 43.6 Å². The lowest BCUT2D eigenvalue weighted by atomic mass is 10.0. The highest BCUT2D eigenvalue weighted by Gasteiger charge is 2.76. The van der Waals surface area contributed by atoms with Crippen LogP contribution in [0.15, 0.2) is 0 Å². The molecule has 2 saturated heterocycles. The molecular formula is C40H75NO5. The summed E-state index contributed by atoms with van der Waals surface area (Å²) in [5.74, 6) is -0.879. The maximum atomic E-state index is 12.3. The highest BCUT2D eigenvalue weighted by Crippen LogP contribution is 2.49. The average Bonchev–Trinajstić information content (AvgIpc) is 3.93. The third kappa shape index (κ3) is 16.8. The number of nitrogens with zero attached hydrogens (tertiary/aromatic N) is 1. The fourth-order valence-corrected chi connectivity index (χ4v) is 7.15. The Morgan fingerprint density at radius 2 is 0.565 bits per heavy atom. The fraction of sp³-hybridized carbons (Fsp3) is 0.950. The first kappa shape index (κ1) is 41.0. The van der Waals surface area contributed by atoms with Gasteiger partial charge in [-0.15, -0.1) is 0 Å². The van der Waals surface area contributed by atoms with Crippen LogP contribution in [0.2, 0.25) is 0 Å². The van der Waals surface area contributed by atoms with Gasteiger partial charge in [0.2, 0.25) is 0 Å². The lowest BCUT2D eigenvalue weighted by molar-refractivity contribution is -0.239. The number of carbonyl (C=O) groups excluding carboxylic acids is 2. The van der Waals surface area contributed by atoms with Crippen LogP contribution in [0.3, 0.4) is 0 Å². The largest absolute Gasteiger partial charge is 0.426 e. The van der Waals surface area contributed by atoms with Gasteiger partial charge < -0.3 is 14.7 Å². The molecule has 0 saturated carbocycles. The molecule has 46 heavy (non-hydrogen) atoms. The average molecular weight is 650 g/mol. The molecule has 0 spiro atoms. The summed E-state index contributed by atoms with van der Waals surface area (Å²) < 4.78 is 10.6. The van der Waals surface area contributed by atoms with Crippen molar-refractivity contribution in [2.45, 2.75) is 244 Å². The van der Waals surface area contributed by atoms with Crippen molar-refractivity contribution < 1.29 is 24.3 Å². The lowest BCUT2D eigenvalue weighted by Crippen LogP contribution is -2.48. The van der Waals surface area contributed by atoms with Gasteiger partial charge >= 0.3 is 11.9 Å². The van der Waals surface area contributed by atoms with Crippen molar-refractivity contribution >= 4 is 11.9 Å². The third-order valence-corrected chi connectivity index (χ3v) is 10.5. The minimum atomic E-state index is -1.38. The van der Waals surface area contributed by atoms with Crippen LogP contribution in [0.4, 0.5) is 0 Å². The number of ether oxygens (including phenoxy) is 2. The zero-order valence-corrected chi connectivity index (χ0v) is 30.6. The van der Waals surface area contributed by atoms with Gasteiger partial charge in [-0.2, -0.15) is 0 Å². The van der Waals surface area contributed by atoms with E-state index in [1.807, 2.05) is 0 Å². The van der Waals surface area contributed by atoms with Crippen LogP contribution in [0.5, 0.6) is 0 Å². The van der Waals surface area contributed by atoms with Crippen LogP contribution >= 0.6 is 0 Å². The molecule has 6 nitrogen and oxygen atoms in total. The first-order valence-electron chi connectivity index (χ1n) is 20.5. The van der Waals surface area contributed by atoms with E-state index in [2.05, 4.69) is 13.8 Å². The highest BCUT2D eigenvalue weighted by atomic mass is 16.8. The minimum Gasteiger partial charge on any atom is -0.426 e. The molecule has 2 aliphatic rings. The second-order valence-corrected chi connectivity index (χ2v) is 14.8. The van der Waals surface area contributed by atoms with Crippen LogP contribution in [-0.2, 0) is 19.1 Å². The molecule has 0 amide bonds. The first-order valence-corrected chi connectivity index (χ1v) is 20.5. The topological polar surface area (TPSA) is 82.7 Å². The van der Waals surface area contributed by atoms with Crippen LogP contribution in [0.25, 0.3) is 0 Å². The molecule has 2 rings (SSSR count).